The number of aromatic nitrogens is 1. The molecule has 1 fully saturated rings. The van der Waals surface area contributed by atoms with Gasteiger partial charge in [-0.15, -0.1) is 0 Å². The molecule has 1 aromatic heterocycles. The molecule has 1 aliphatic rings. The van der Waals surface area contributed by atoms with E-state index in [0.717, 1.165) is 21.8 Å². The Kier molecular flexibility index (Phi) is 6.42. The number of methoxy groups -OCH3 is 1. The van der Waals surface area contributed by atoms with Crippen molar-refractivity contribution in [3.63, 3.8) is 0 Å². The fourth-order valence-electron chi connectivity index (χ4n) is 3.28. The summed E-state index contributed by atoms with van der Waals surface area (Å²) in [5.74, 6) is 0.397. The largest absolute Gasteiger partial charge is 0.495 e. The number of carbonyl (C=O) groups excluding carboxylic acids is 2. The number of alkyl carbamates (subject to hydrolysis) is 1. The van der Waals surface area contributed by atoms with E-state index in [1.54, 1.807) is 12.3 Å². The molecule has 1 aliphatic heterocycles. The number of pyridine rings is 1. The summed E-state index contributed by atoms with van der Waals surface area (Å²) < 4.78 is 17.1. The Labute approximate surface area is 182 Å². The fourth-order valence-corrected chi connectivity index (χ4v) is 3.28. The third-order valence-corrected chi connectivity index (χ3v) is 5.72. The first-order valence-electron chi connectivity index (χ1n) is 10.2. The average Bonchev–Trinajstić information content (AvgIpc) is 2.92. The van der Waals surface area contributed by atoms with Gasteiger partial charge in [-0.25, -0.2) is 14.6 Å². The van der Waals surface area contributed by atoms with E-state index < -0.39 is 24.4 Å². The quantitative estimate of drug-likeness (QED) is 0.632. The molecule has 2 aromatic rings. The summed E-state index contributed by atoms with van der Waals surface area (Å²) in [7, 11) is 0.727. The van der Waals surface area contributed by atoms with Gasteiger partial charge in [-0.05, 0) is 57.1 Å². The molecule has 9 nitrogen and oxygen atoms in total. The molecule has 3 amide bonds. The van der Waals surface area contributed by atoms with Crippen molar-refractivity contribution >= 4 is 41.3 Å². The zero-order chi connectivity index (χ0) is 22.8. The number of benzene rings is 1. The normalized spacial score (nSPS) is 16.8. The SMILES string of the molecule is CCNC(=O)Nc1cc2c(B3OC(C)(C)C(C)(C)O3)ccc(CNC(=O)OC)c2cn1. The van der Waals surface area contributed by atoms with Crippen LogP contribution in [-0.4, -0.2) is 49.1 Å². The molecule has 31 heavy (non-hydrogen) atoms. The van der Waals surface area contributed by atoms with Gasteiger partial charge >= 0.3 is 19.2 Å². The van der Waals surface area contributed by atoms with E-state index in [0.29, 0.717) is 12.4 Å². The summed E-state index contributed by atoms with van der Waals surface area (Å²) in [6.07, 6.45) is 1.14. The number of fused-ring (bicyclic) bond motifs is 1. The second kappa shape index (κ2) is 8.72. The van der Waals surface area contributed by atoms with E-state index in [2.05, 4.69) is 25.7 Å². The summed E-state index contributed by atoms with van der Waals surface area (Å²) >= 11 is 0. The second-order valence-electron chi connectivity index (χ2n) is 8.35. The Balaban J connectivity index is 2.04. The number of ether oxygens (including phenoxy) is 1. The van der Waals surface area contributed by atoms with Crippen LogP contribution in [0.25, 0.3) is 10.8 Å². The molecular weight excluding hydrogens is 399 g/mol. The molecule has 0 radical (unpaired) electrons. The number of urea groups is 1. The van der Waals surface area contributed by atoms with Crippen LogP contribution >= 0.6 is 0 Å². The third-order valence-electron chi connectivity index (χ3n) is 5.72. The van der Waals surface area contributed by atoms with Crippen LogP contribution in [-0.2, 0) is 20.6 Å². The number of carbonyl (C=O) groups is 2. The highest BCUT2D eigenvalue weighted by Crippen LogP contribution is 2.37. The number of rotatable bonds is 5. The first kappa shape index (κ1) is 22.8. The van der Waals surface area contributed by atoms with Gasteiger partial charge in [0.1, 0.15) is 5.82 Å². The lowest BCUT2D eigenvalue weighted by molar-refractivity contribution is 0.00578. The van der Waals surface area contributed by atoms with Gasteiger partial charge in [0.2, 0.25) is 0 Å². The van der Waals surface area contributed by atoms with Gasteiger partial charge < -0.3 is 24.7 Å². The third kappa shape index (κ3) is 4.75. The molecule has 1 aromatic carbocycles. The molecule has 0 spiro atoms. The van der Waals surface area contributed by atoms with Gasteiger partial charge in [0.15, 0.2) is 0 Å². The molecule has 3 N–H and O–H groups in total. The second-order valence-corrected chi connectivity index (χ2v) is 8.35. The summed E-state index contributed by atoms with van der Waals surface area (Å²) in [5.41, 5.74) is 0.670. The van der Waals surface area contributed by atoms with Crippen molar-refractivity contribution in [1.29, 1.82) is 0 Å². The minimum absolute atomic E-state index is 0.262. The minimum Gasteiger partial charge on any atom is -0.453 e. The molecule has 166 valence electrons. The predicted octanol–water partition coefficient (Wildman–Crippen LogP) is 2.53. The van der Waals surface area contributed by atoms with Crippen molar-refractivity contribution in [1.82, 2.24) is 15.6 Å². The van der Waals surface area contributed by atoms with Crippen LogP contribution in [0.3, 0.4) is 0 Å². The number of anilines is 1. The minimum atomic E-state index is -0.588. The smallest absolute Gasteiger partial charge is 0.453 e. The molecule has 0 atom stereocenters. The molecule has 0 unspecified atom stereocenters. The van der Waals surface area contributed by atoms with Crippen LogP contribution in [0.5, 0.6) is 0 Å². The van der Waals surface area contributed by atoms with Crippen LogP contribution in [0.4, 0.5) is 15.4 Å². The van der Waals surface area contributed by atoms with Crippen molar-refractivity contribution in [3.05, 3.63) is 30.0 Å². The lowest BCUT2D eigenvalue weighted by Gasteiger charge is -2.32. The van der Waals surface area contributed by atoms with E-state index in [1.165, 1.54) is 7.11 Å². The van der Waals surface area contributed by atoms with Crippen molar-refractivity contribution in [2.75, 3.05) is 19.0 Å². The van der Waals surface area contributed by atoms with Crippen molar-refractivity contribution in [2.45, 2.75) is 52.4 Å². The highest BCUT2D eigenvalue weighted by atomic mass is 16.7. The van der Waals surface area contributed by atoms with Gasteiger partial charge in [-0.2, -0.15) is 0 Å². The number of amides is 3. The number of hydrogen-bond acceptors (Lipinski definition) is 6. The van der Waals surface area contributed by atoms with Crippen molar-refractivity contribution in [2.24, 2.45) is 0 Å². The topological polar surface area (TPSA) is 111 Å². The first-order chi connectivity index (χ1) is 14.6. The monoisotopic (exact) mass is 428 g/mol. The summed E-state index contributed by atoms with van der Waals surface area (Å²) in [6, 6.07) is 5.26. The molecule has 0 aliphatic carbocycles. The Morgan fingerprint density at radius 1 is 1.10 bits per heavy atom. The van der Waals surface area contributed by atoms with Gasteiger partial charge in [-0.3, -0.25) is 5.32 Å². The maximum atomic E-state index is 12.0. The summed E-state index contributed by atoms with van der Waals surface area (Å²) in [5, 5.41) is 9.72. The number of hydrogen-bond donors (Lipinski definition) is 3. The standard InChI is InChI=1S/C21H29BN4O5/c1-7-23-18(27)26-17-10-14-15(12-24-17)13(11-25-19(28)29-6)8-9-16(14)22-30-20(2,3)21(4,5)31-22/h8-10,12H,7,11H2,1-6H3,(H,25,28)(H2,23,24,26,27). The maximum Gasteiger partial charge on any atom is 0.495 e. The van der Waals surface area contributed by atoms with Crippen LogP contribution in [0.2, 0.25) is 0 Å². The summed E-state index contributed by atoms with van der Waals surface area (Å²) in [6.45, 7) is 10.6. The van der Waals surface area contributed by atoms with Crippen molar-refractivity contribution in [3.8, 4) is 0 Å². The molecule has 10 heteroatoms. The highest BCUT2D eigenvalue weighted by Gasteiger charge is 2.52. The van der Waals surface area contributed by atoms with Gasteiger partial charge in [0.25, 0.3) is 0 Å². The number of nitrogens with zero attached hydrogens (tertiary/aromatic N) is 1. The Morgan fingerprint density at radius 3 is 2.39 bits per heavy atom. The number of nitrogens with one attached hydrogen (secondary N) is 3. The Morgan fingerprint density at radius 2 is 1.77 bits per heavy atom. The van der Waals surface area contributed by atoms with Crippen LogP contribution in [0, 0.1) is 0 Å². The van der Waals surface area contributed by atoms with E-state index >= 15 is 0 Å². The molecule has 3 rings (SSSR count). The lowest BCUT2D eigenvalue weighted by Crippen LogP contribution is -2.41. The maximum absolute atomic E-state index is 12.0. The zero-order valence-electron chi connectivity index (χ0n) is 18.8. The molecule has 2 heterocycles. The first-order valence-corrected chi connectivity index (χ1v) is 10.2. The molecule has 1 saturated heterocycles. The molecule has 0 saturated carbocycles. The predicted molar refractivity (Wildman–Crippen MR) is 119 cm³/mol. The molecular formula is C21H29BN4O5. The molecule has 0 bridgehead atoms. The van der Waals surface area contributed by atoms with E-state index in [4.69, 9.17) is 9.31 Å². The summed E-state index contributed by atoms with van der Waals surface area (Å²) in [4.78, 5) is 27.9. The Hall–Kier alpha value is -2.85. The fraction of sp³-hybridized carbons (Fsp3) is 0.476. The van der Waals surface area contributed by atoms with Gasteiger partial charge in [-0.1, -0.05) is 12.1 Å². The van der Waals surface area contributed by atoms with E-state index in [-0.39, 0.29) is 12.6 Å². The van der Waals surface area contributed by atoms with Crippen molar-refractivity contribution < 1.29 is 23.6 Å². The highest BCUT2D eigenvalue weighted by molar-refractivity contribution is 6.65. The van der Waals surface area contributed by atoms with Gasteiger partial charge in [0, 0.05) is 24.7 Å². The van der Waals surface area contributed by atoms with Gasteiger partial charge in [0.05, 0.1) is 18.3 Å². The van der Waals surface area contributed by atoms with Crippen LogP contribution in [0.15, 0.2) is 24.4 Å². The average molecular weight is 428 g/mol. The zero-order valence-corrected chi connectivity index (χ0v) is 18.8. The van der Waals surface area contributed by atoms with E-state index in [9.17, 15) is 9.59 Å². The lowest BCUT2D eigenvalue weighted by atomic mass is 9.75. The van der Waals surface area contributed by atoms with Crippen LogP contribution < -0.4 is 21.4 Å². The Bertz CT molecular complexity index is 979. The van der Waals surface area contributed by atoms with E-state index in [1.807, 2.05) is 46.8 Å². The van der Waals surface area contributed by atoms with Crippen LogP contribution in [0.1, 0.15) is 40.2 Å².